The van der Waals surface area contributed by atoms with Crippen LogP contribution in [0, 0.1) is 5.92 Å². The van der Waals surface area contributed by atoms with Crippen LogP contribution in [0.4, 0.5) is 0 Å². The van der Waals surface area contributed by atoms with Gasteiger partial charge in [-0.25, -0.2) is 0 Å². The van der Waals surface area contributed by atoms with Gasteiger partial charge in [-0.05, 0) is 20.3 Å². The van der Waals surface area contributed by atoms with E-state index in [0.717, 1.165) is 0 Å². The Labute approximate surface area is 84.7 Å². The van der Waals surface area contributed by atoms with E-state index >= 15 is 0 Å². The zero-order chi connectivity index (χ0) is 11.4. The van der Waals surface area contributed by atoms with Crippen molar-refractivity contribution in [1.82, 2.24) is 5.32 Å². The Morgan fingerprint density at radius 3 is 2.21 bits per heavy atom. The highest BCUT2D eigenvalue weighted by molar-refractivity contribution is 6.36. The molecule has 4 heteroatoms. The Kier molecular flexibility index (Phi) is 4.77. The summed E-state index contributed by atoms with van der Waals surface area (Å²) in [4.78, 5) is 22.3. The molecule has 0 saturated carbocycles. The van der Waals surface area contributed by atoms with Crippen LogP contribution in [0.5, 0.6) is 0 Å². The number of ketones is 1. The molecule has 0 saturated heterocycles. The fraction of sp³-hybridized carbons (Fsp3) is 0.800. The van der Waals surface area contributed by atoms with Gasteiger partial charge < -0.3 is 10.4 Å². The van der Waals surface area contributed by atoms with Gasteiger partial charge in [0.15, 0.2) is 0 Å². The van der Waals surface area contributed by atoms with Gasteiger partial charge in [-0.3, -0.25) is 9.59 Å². The Morgan fingerprint density at radius 2 is 1.86 bits per heavy atom. The number of aliphatic hydroxyl groups is 1. The lowest BCUT2D eigenvalue weighted by atomic mass is 10.1. The first-order valence-electron chi connectivity index (χ1n) is 4.78. The van der Waals surface area contributed by atoms with Crippen LogP contribution in [0.25, 0.3) is 0 Å². The molecule has 0 aromatic carbocycles. The SMILES string of the molecule is CC(C)C(=O)C(=O)NCCC(C)(C)O. The first-order chi connectivity index (χ1) is 6.24. The molecule has 0 aromatic heterocycles. The zero-order valence-corrected chi connectivity index (χ0v) is 9.26. The molecule has 0 unspecified atom stereocenters. The molecule has 1 amide bonds. The number of rotatable bonds is 5. The van der Waals surface area contributed by atoms with Crippen LogP contribution in [-0.2, 0) is 9.59 Å². The molecule has 0 aliphatic rings. The lowest BCUT2D eigenvalue weighted by Crippen LogP contribution is -2.36. The lowest BCUT2D eigenvalue weighted by Gasteiger charge is -2.16. The molecule has 82 valence electrons. The summed E-state index contributed by atoms with van der Waals surface area (Å²) in [5, 5.41) is 11.8. The van der Waals surface area contributed by atoms with Crippen LogP contribution < -0.4 is 5.32 Å². The van der Waals surface area contributed by atoms with E-state index in [-0.39, 0.29) is 5.92 Å². The van der Waals surface area contributed by atoms with Crippen molar-refractivity contribution >= 4 is 11.7 Å². The average molecular weight is 201 g/mol. The van der Waals surface area contributed by atoms with Gasteiger partial charge in [0, 0.05) is 12.5 Å². The molecule has 0 aromatic rings. The molecule has 4 nitrogen and oxygen atoms in total. The van der Waals surface area contributed by atoms with E-state index in [4.69, 9.17) is 0 Å². The van der Waals surface area contributed by atoms with Crippen molar-refractivity contribution in [3.05, 3.63) is 0 Å². The Hall–Kier alpha value is -0.900. The number of hydrogen-bond acceptors (Lipinski definition) is 3. The normalized spacial score (nSPS) is 11.6. The highest BCUT2D eigenvalue weighted by Crippen LogP contribution is 2.05. The lowest BCUT2D eigenvalue weighted by molar-refractivity contribution is -0.139. The first kappa shape index (κ1) is 13.1. The van der Waals surface area contributed by atoms with Crippen LogP contribution in [0.2, 0.25) is 0 Å². The topological polar surface area (TPSA) is 66.4 Å². The van der Waals surface area contributed by atoms with Crippen molar-refractivity contribution in [2.24, 2.45) is 5.92 Å². The molecular weight excluding hydrogens is 182 g/mol. The van der Waals surface area contributed by atoms with Crippen molar-refractivity contribution in [3.63, 3.8) is 0 Å². The summed E-state index contributed by atoms with van der Waals surface area (Å²) in [7, 11) is 0. The van der Waals surface area contributed by atoms with Gasteiger partial charge in [0.25, 0.3) is 5.91 Å². The van der Waals surface area contributed by atoms with Gasteiger partial charge in [0.2, 0.25) is 5.78 Å². The number of carbonyl (C=O) groups excluding carboxylic acids is 2. The summed E-state index contributed by atoms with van der Waals surface area (Å²) in [6.45, 7) is 6.99. The second-order valence-corrected chi connectivity index (χ2v) is 4.34. The summed E-state index contributed by atoms with van der Waals surface area (Å²) in [5.74, 6) is -1.26. The highest BCUT2D eigenvalue weighted by atomic mass is 16.3. The van der Waals surface area contributed by atoms with Crippen molar-refractivity contribution in [2.75, 3.05) is 6.54 Å². The Bertz CT molecular complexity index is 216. The van der Waals surface area contributed by atoms with Crippen LogP contribution >= 0.6 is 0 Å². The Balaban J connectivity index is 3.82. The monoisotopic (exact) mass is 201 g/mol. The van der Waals surface area contributed by atoms with Gasteiger partial charge in [-0.2, -0.15) is 0 Å². The average Bonchev–Trinajstić information content (AvgIpc) is 2.00. The summed E-state index contributed by atoms with van der Waals surface area (Å²) < 4.78 is 0. The van der Waals surface area contributed by atoms with E-state index in [0.29, 0.717) is 13.0 Å². The van der Waals surface area contributed by atoms with Crippen LogP contribution in [0.3, 0.4) is 0 Å². The zero-order valence-electron chi connectivity index (χ0n) is 9.26. The maximum Gasteiger partial charge on any atom is 0.287 e. The predicted octanol–water partition coefficient (Wildman–Crippen LogP) is 0.489. The second-order valence-electron chi connectivity index (χ2n) is 4.34. The molecule has 0 spiro atoms. The number of nitrogens with one attached hydrogen (secondary N) is 1. The maximum atomic E-state index is 11.1. The molecule has 0 atom stereocenters. The third-order valence-corrected chi connectivity index (χ3v) is 1.77. The number of Topliss-reactive ketones (excluding diaryl/α,β-unsaturated/α-hetero) is 1. The van der Waals surface area contributed by atoms with Crippen molar-refractivity contribution in [1.29, 1.82) is 0 Å². The summed E-state index contributed by atoms with van der Waals surface area (Å²) >= 11 is 0. The van der Waals surface area contributed by atoms with E-state index in [1.165, 1.54) is 0 Å². The van der Waals surface area contributed by atoms with E-state index in [1.54, 1.807) is 27.7 Å². The number of carbonyl (C=O) groups is 2. The van der Waals surface area contributed by atoms with Gasteiger partial charge >= 0.3 is 0 Å². The molecular formula is C10H19NO3. The van der Waals surface area contributed by atoms with Crippen LogP contribution in [-0.4, -0.2) is 28.9 Å². The minimum atomic E-state index is -0.811. The number of hydrogen-bond donors (Lipinski definition) is 2. The summed E-state index contributed by atoms with van der Waals surface area (Å²) in [6, 6.07) is 0. The molecule has 2 N–H and O–H groups in total. The predicted molar refractivity (Wildman–Crippen MR) is 53.8 cm³/mol. The molecule has 14 heavy (non-hydrogen) atoms. The fourth-order valence-electron chi connectivity index (χ4n) is 0.831. The van der Waals surface area contributed by atoms with Gasteiger partial charge in [-0.1, -0.05) is 13.8 Å². The highest BCUT2D eigenvalue weighted by Gasteiger charge is 2.18. The van der Waals surface area contributed by atoms with Gasteiger partial charge in [0.05, 0.1) is 5.60 Å². The quantitative estimate of drug-likeness (QED) is 0.636. The van der Waals surface area contributed by atoms with Crippen molar-refractivity contribution in [2.45, 2.75) is 39.7 Å². The maximum absolute atomic E-state index is 11.1. The van der Waals surface area contributed by atoms with E-state index in [9.17, 15) is 14.7 Å². The van der Waals surface area contributed by atoms with Crippen LogP contribution in [0.15, 0.2) is 0 Å². The fourth-order valence-corrected chi connectivity index (χ4v) is 0.831. The first-order valence-corrected chi connectivity index (χ1v) is 4.78. The molecule has 0 aliphatic carbocycles. The Morgan fingerprint density at radius 1 is 1.36 bits per heavy atom. The van der Waals surface area contributed by atoms with E-state index in [1.807, 2.05) is 0 Å². The van der Waals surface area contributed by atoms with Crippen molar-refractivity contribution in [3.8, 4) is 0 Å². The minimum absolute atomic E-state index is 0.280. The van der Waals surface area contributed by atoms with E-state index in [2.05, 4.69) is 5.32 Å². The summed E-state index contributed by atoms with van der Waals surface area (Å²) in [5.41, 5.74) is -0.811. The molecule has 0 aliphatic heterocycles. The third kappa shape index (κ3) is 5.70. The molecule has 0 radical (unpaired) electrons. The summed E-state index contributed by atoms with van der Waals surface area (Å²) in [6.07, 6.45) is 0.435. The molecule has 0 bridgehead atoms. The third-order valence-electron chi connectivity index (χ3n) is 1.77. The molecule has 0 fully saturated rings. The molecule has 0 rings (SSSR count). The minimum Gasteiger partial charge on any atom is -0.390 e. The van der Waals surface area contributed by atoms with E-state index < -0.39 is 17.3 Å². The van der Waals surface area contributed by atoms with Gasteiger partial charge in [-0.15, -0.1) is 0 Å². The van der Waals surface area contributed by atoms with Crippen molar-refractivity contribution < 1.29 is 14.7 Å². The standard InChI is InChI=1S/C10H19NO3/c1-7(2)8(12)9(13)11-6-5-10(3,4)14/h7,14H,5-6H2,1-4H3,(H,11,13). The largest absolute Gasteiger partial charge is 0.390 e. The van der Waals surface area contributed by atoms with Crippen LogP contribution in [0.1, 0.15) is 34.1 Å². The van der Waals surface area contributed by atoms with Gasteiger partial charge in [0.1, 0.15) is 0 Å². The second kappa shape index (κ2) is 5.10. The smallest absolute Gasteiger partial charge is 0.287 e. The molecule has 0 heterocycles. The number of amides is 1.